The molecule has 0 unspecified atom stereocenters. The van der Waals surface area contributed by atoms with E-state index in [1.165, 1.54) is 26.3 Å². The molecule has 1 aromatic rings. The first kappa shape index (κ1) is 19.0. The van der Waals surface area contributed by atoms with Crippen LogP contribution in [0.25, 0.3) is 6.08 Å². The molecule has 0 heterocycles. The molecule has 1 aromatic carbocycles. The van der Waals surface area contributed by atoms with Gasteiger partial charge in [-0.3, -0.25) is 10.1 Å². The molecule has 0 atom stereocenters. The van der Waals surface area contributed by atoms with Gasteiger partial charge in [0.2, 0.25) is 0 Å². The molecule has 2 N–H and O–H groups in total. The van der Waals surface area contributed by atoms with Crippen LogP contribution in [-0.4, -0.2) is 45.3 Å². The minimum atomic E-state index is -0.723. The fourth-order valence-electron chi connectivity index (χ4n) is 1.64. The van der Waals surface area contributed by atoms with Crippen LogP contribution in [0, 0.1) is 0 Å². The molecular weight excluding hydrogens is 316 g/mol. The van der Waals surface area contributed by atoms with Gasteiger partial charge in [0.05, 0.1) is 13.7 Å². The summed E-state index contributed by atoms with van der Waals surface area (Å²) < 4.78 is 15.3. The second-order valence-corrected chi connectivity index (χ2v) is 4.41. The molecule has 8 heteroatoms. The number of imide groups is 1. The highest BCUT2D eigenvalue weighted by Crippen LogP contribution is 2.28. The fraction of sp³-hybridized carbons (Fsp3) is 0.312. The van der Waals surface area contributed by atoms with Crippen LogP contribution < -0.4 is 20.1 Å². The van der Waals surface area contributed by atoms with Crippen LogP contribution in [-0.2, 0) is 14.3 Å². The van der Waals surface area contributed by atoms with E-state index in [0.717, 1.165) is 0 Å². The number of hydrogen-bond acceptors (Lipinski definition) is 6. The number of amides is 3. The smallest absolute Gasteiger partial charge is 0.331 e. The largest absolute Gasteiger partial charge is 0.493 e. The van der Waals surface area contributed by atoms with Crippen LogP contribution in [0.1, 0.15) is 12.5 Å². The van der Waals surface area contributed by atoms with Gasteiger partial charge in [-0.2, -0.15) is 0 Å². The summed E-state index contributed by atoms with van der Waals surface area (Å²) in [6, 6.07) is 4.50. The van der Waals surface area contributed by atoms with E-state index >= 15 is 0 Å². The third kappa shape index (κ3) is 6.39. The van der Waals surface area contributed by atoms with Crippen molar-refractivity contribution in [1.29, 1.82) is 0 Å². The van der Waals surface area contributed by atoms with Crippen molar-refractivity contribution in [2.45, 2.75) is 6.92 Å². The zero-order chi connectivity index (χ0) is 17.9. The van der Waals surface area contributed by atoms with Crippen molar-refractivity contribution in [1.82, 2.24) is 10.6 Å². The van der Waals surface area contributed by atoms with E-state index in [1.807, 2.05) is 12.2 Å². The summed E-state index contributed by atoms with van der Waals surface area (Å²) in [5.41, 5.74) is 0.696. The SMILES string of the molecule is CCOc1ccc(/C=C/C(=O)OCC(=O)NC(=O)NC)cc1OC. The average molecular weight is 336 g/mol. The lowest BCUT2D eigenvalue weighted by Gasteiger charge is -2.09. The first-order valence-electron chi connectivity index (χ1n) is 7.17. The number of ether oxygens (including phenoxy) is 3. The van der Waals surface area contributed by atoms with Crippen molar-refractivity contribution in [2.24, 2.45) is 0 Å². The predicted molar refractivity (Wildman–Crippen MR) is 86.8 cm³/mol. The van der Waals surface area contributed by atoms with Gasteiger partial charge >= 0.3 is 12.0 Å². The standard InChI is InChI=1S/C16H20N2O6/c1-4-23-12-7-5-11(9-13(12)22-3)6-8-15(20)24-10-14(19)18-16(21)17-2/h5-9H,4,10H2,1-3H3,(H2,17,18,19,21)/b8-6+. The Bertz CT molecular complexity index is 627. The molecule has 1 rings (SSSR count). The Morgan fingerprint density at radius 2 is 1.96 bits per heavy atom. The molecule has 0 saturated carbocycles. The van der Waals surface area contributed by atoms with Crippen LogP contribution in [0.3, 0.4) is 0 Å². The minimum Gasteiger partial charge on any atom is -0.493 e. The summed E-state index contributed by atoms with van der Waals surface area (Å²) >= 11 is 0. The van der Waals surface area contributed by atoms with E-state index in [9.17, 15) is 14.4 Å². The highest BCUT2D eigenvalue weighted by Gasteiger charge is 2.08. The van der Waals surface area contributed by atoms with Gasteiger partial charge < -0.3 is 19.5 Å². The lowest BCUT2D eigenvalue weighted by molar-refractivity contribution is -0.143. The Morgan fingerprint density at radius 1 is 1.21 bits per heavy atom. The topological polar surface area (TPSA) is 103 Å². The van der Waals surface area contributed by atoms with Gasteiger partial charge in [0.15, 0.2) is 18.1 Å². The molecule has 0 aliphatic carbocycles. The van der Waals surface area contributed by atoms with Crippen molar-refractivity contribution in [2.75, 3.05) is 27.4 Å². The van der Waals surface area contributed by atoms with E-state index in [2.05, 4.69) is 5.32 Å². The zero-order valence-corrected chi connectivity index (χ0v) is 13.8. The number of carbonyl (C=O) groups is 3. The molecule has 130 valence electrons. The highest BCUT2D eigenvalue weighted by molar-refractivity contribution is 5.96. The maximum absolute atomic E-state index is 11.6. The molecule has 0 saturated heterocycles. The molecule has 0 bridgehead atoms. The summed E-state index contributed by atoms with van der Waals surface area (Å²) in [6.07, 6.45) is 2.68. The van der Waals surface area contributed by atoms with Crippen LogP contribution in [0.2, 0.25) is 0 Å². The second kappa shape index (κ2) is 9.88. The number of rotatable bonds is 7. The van der Waals surface area contributed by atoms with Crippen molar-refractivity contribution in [3.05, 3.63) is 29.8 Å². The number of urea groups is 1. The van der Waals surface area contributed by atoms with Gasteiger partial charge in [0.25, 0.3) is 5.91 Å². The van der Waals surface area contributed by atoms with Crippen LogP contribution >= 0.6 is 0 Å². The van der Waals surface area contributed by atoms with Gasteiger partial charge in [-0.25, -0.2) is 9.59 Å². The van der Waals surface area contributed by atoms with Gasteiger partial charge in [-0.05, 0) is 30.7 Å². The average Bonchev–Trinajstić information content (AvgIpc) is 2.59. The molecule has 0 aromatic heterocycles. The van der Waals surface area contributed by atoms with E-state index < -0.39 is 24.5 Å². The molecule has 0 spiro atoms. The Balaban J connectivity index is 2.57. The molecule has 0 radical (unpaired) electrons. The quantitative estimate of drug-likeness (QED) is 0.571. The van der Waals surface area contributed by atoms with Crippen molar-refractivity contribution < 1.29 is 28.6 Å². The van der Waals surface area contributed by atoms with Gasteiger partial charge in [-0.15, -0.1) is 0 Å². The van der Waals surface area contributed by atoms with E-state index in [-0.39, 0.29) is 0 Å². The number of carbonyl (C=O) groups excluding carboxylic acids is 3. The molecule has 24 heavy (non-hydrogen) atoms. The fourth-order valence-corrected chi connectivity index (χ4v) is 1.64. The minimum absolute atomic E-state index is 0.510. The highest BCUT2D eigenvalue weighted by atomic mass is 16.5. The molecular formula is C16H20N2O6. The van der Waals surface area contributed by atoms with Crippen LogP contribution in [0.5, 0.6) is 11.5 Å². The number of benzene rings is 1. The molecule has 0 aliphatic heterocycles. The van der Waals surface area contributed by atoms with Crippen molar-refractivity contribution in [3.63, 3.8) is 0 Å². The third-order valence-electron chi connectivity index (χ3n) is 2.72. The Morgan fingerprint density at radius 3 is 2.58 bits per heavy atom. The lowest BCUT2D eigenvalue weighted by atomic mass is 10.2. The summed E-state index contributed by atoms with van der Waals surface area (Å²) in [6.45, 7) is 1.82. The summed E-state index contributed by atoms with van der Waals surface area (Å²) in [5.74, 6) is -0.295. The second-order valence-electron chi connectivity index (χ2n) is 4.41. The maximum Gasteiger partial charge on any atom is 0.331 e. The Hall–Kier alpha value is -3.03. The van der Waals surface area contributed by atoms with Gasteiger partial charge in [-0.1, -0.05) is 6.07 Å². The normalized spacial score (nSPS) is 10.1. The van der Waals surface area contributed by atoms with E-state index in [0.29, 0.717) is 23.7 Å². The lowest BCUT2D eigenvalue weighted by Crippen LogP contribution is -2.39. The summed E-state index contributed by atoms with van der Waals surface area (Å²) in [5, 5.41) is 4.18. The number of methoxy groups -OCH3 is 1. The summed E-state index contributed by atoms with van der Waals surface area (Å²) in [7, 11) is 2.88. The van der Waals surface area contributed by atoms with Gasteiger partial charge in [0, 0.05) is 13.1 Å². The Labute approximate surface area is 139 Å². The van der Waals surface area contributed by atoms with Gasteiger partial charge in [0.1, 0.15) is 0 Å². The first-order chi connectivity index (χ1) is 11.5. The maximum atomic E-state index is 11.6. The zero-order valence-electron chi connectivity index (χ0n) is 13.8. The molecule has 3 amide bonds. The number of nitrogens with one attached hydrogen (secondary N) is 2. The Kier molecular flexibility index (Phi) is 7.83. The van der Waals surface area contributed by atoms with E-state index in [1.54, 1.807) is 18.2 Å². The predicted octanol–water partition coefficient (Wildman–Crippen LogP) is 1.11. The monoisotopic (exact) mass is 336 g/mol. The first-order valence-corrected chi connectivity index (χ1v) is 7.17. The third-order valence-corrected chi connectivity index (χ3v) is 2.72. The molecule has 8 nitrogen and oxygen atoms in total. The summed E-state index contributed by atoms with van der Waals surface area (Å²) in [4.78, 5) is 33.7. The van der Waals surface area contributed by atoms with Crippen LogP contribution in [0.15, 0.2) is 24.3 Å². The van der Waals surface area contributed by atoms with Crippen molar-refractivity contribution >= 4 is 24.0 Å². The molecule has 0 aliphatic rings. The molecule has 0 fully saturated rings. The number of esters is 1. The van der Waals surface area contributed by atoms with Crippen LogP contribution in [0.4, 0.5) is 4.79 Å². The van der Waals surface area contributed by atoms with E-state index in [4.69, 9.17) is 14.2 Å². The van der Waals surface area contributed by atoms with Crippen molar-refractivity contribution in [3.8, 4) is 11.5 Å². The number of hydrogen-bond donors (Lipinski definition) is 2.